The van der Waals surface area contributed by atoms with Crippen LogP contribution < -0.4 is 10.5 Å². The number of carbonyl (C=O) groups is 2. The van der Waals surface area contributed by atoms with Crippen LogP contribution in [0.4, 0.5) is 0 Å². The summed E-state index contributed by atoms with van der Waals surface area (Å²) in [5, 5.41) is 0.791. The number of hydroxylamine groups is 2. The van der Waals surface area contributed by atoms with E-state index in [2.05, 4.69) is 0 Å². The number of methoxy groups -OCH3 is 1. The summed E-state index contributed by atoms with van der Waals surface area (Å²) in [6.07, 6.45) is 1.44. The minimum atomic E-state index is -0.731. The van der Waals surface area contributed by atoms with Crippen molar-refractivity contribution in [3.63, 3.8) is 0 Å². The van der Waals surface area contributed by atoms with E-state index in [9.17, 15) is 9.59 Å². The zero-order chi connectivity index (χ0) is 16.5. The molecule has 1 aromatic rings. The Kier molecular flexibility index (Phi) is 7.56. The third-order valence-electron chi connectivity index (χ3n) is 3.14. The average Bonchev–Trinajstić information content (AvgIpc) is 2.54. The SMILES string of the molecule is CCCC(N)C(=O)N(OCc1cccc(OC)c1)C(=O)CC. The van der Waals surface area contributed by atoms with Gasteiger partial charge in [0.2, 0.25) is 0 Å². The number of rotatable bonds is 8. The third-order valence-corrected chi connectivity index (χ3v) is 3.14. The molecule has 22 heavy (non-hydrogen) atoms. The first-order valence-corrected chi connectivity index (χ1v) is 7.41. The molecule has 0 radical (unpaired) electrons. The Balaban J connectivity index is 2.76. The number of carbonyl (C=O) groups excluding carboxylic acids is 2. The summed E-state index contributed by atoms with van der Waals surface area (Å²) in [6, 6.07) is 6.50. The lowest BCUT2D eigenvalue weighted by molar-refractivity contribution is -0.200. The molecular weight excluding hydrogens is 284 g/mol. The normalized spacial score (nSPS) is 11.8. The summed E-state index contributed by atoms with van der Waals surface area (Å²) in [4.78, 5) is 29.5. The predicted octanol–water partition coefficient (Wildman–Crippen LogP) is 2.02. The molecule has 2 N–H and O–H groups in total. The highest BCUT2D eigenvalue weighted by molar-refractivity contribution is 5.96. The molecule has 0 bridgehead atoms. The van der Waals surface area contributed by atoms with Gasteiger partial charge in [0.25, 0.3) is 11.8 Å². The molecular formula is C16H24N2O4. The molecule has 0 fully saturated rings. The Morgan fingerprint density at radius 3 is 2.64 bits per heavy atom. The lowest BCUT2D eigenvalue weighted by atomic mass is 10.1. The largest absolute Gasteiger partial charge is 0.497 e. The van der Waals surface area contributed by atoms with E-state index in [4.69, 9.17) is 15.3 Å². The summed E-state index contributed by atoms with van der Waals surface area (Å²) in [7, 11) is 1.57. The molecule has 2 amide bonds. The topological polar surface area (TPSA) is 81.9 Å². The second-order valence-corrected chi connectivity index (χ2v) is 4.90. The van der Waals surface area contributed by atoms with E-state index >= 15 is 0 Å². The molecule has 1 rings (SSSR count). The molecule has 0 saturated heterocycles. The first kappa shape index (κ1) is 18.1. The van der Waals surface area contributed by atoms with E-state index in [1.807, 2.05) is 19.1 Å². The molecule has 0 aliphatic carbocycles. The molecule has 0 spiro atoms. The van der Waals surface area contributed by atoms with Crippen LogP contribution in [-0.4, -0.2) is 30.0 Å². The van der Waals surface area contributed by atoms with Crippen molar-refractivity contribution in [2.45, 2.75) is 45.8 Å². The predicted molar refractivity (Wildman–Crippen MR) is 82.8 cm³/mol. The van der Waals surface area contributed by atoms with Gasteiger partial charge >= 0.3 is 0 Å². The molecule has 6 heteroatoms. The van der Waals surface area contributed by atoms with Crippen LogP contribution in [-0.2, 0) is 21.0 Å². The highest BCUT2D eigenvalue weighted by Crippen LogP contribution is 2.14. The van der Waals surface area contributed by atoms with Crippen LogP contribution in [0.5, 0.6) is 5.75 Å². The van der Waals surface area contributed by atoms with Gasteiger partial charge in [-0.2, -0.15) is 5.06 Å². The minimum absolute atomic E-state index is 0.0908. The van der Waals surface area contributed by atoms with Crippen LogP contribution >= 0.6 is 0 Å². The van der Waals surface area contributed by atoms with Crippen LogP contribution in [0.15, 0.2) is 24.3 Å². The van der Waals surface area contributed by atoms with Gasteiger partial charge in [0.05, 0.1) is 13.2 Å². The molecule has 0 aliphatic heterocycles. The highest BCUT2D eigenvalue weighted by Gasteiger charge is 2.26. The van der Waals surface area contributed by atoms with Crippen molar-refractivity contribution in [3.8, 4) is 5.75 Å². The van der Waals surface area contributed by atoms with E-state index in [0.717, 1.165) is 17.0 Å². The molecule has 0 saturated carbocycles. The van der Waals surface area contributed by atoms with Gasteiger partial charge in [-0.05, 0) is 24.1 Å². The molecule has 0 aromatic heterocycles. The number of amides is 2. The standard InChI is InChI=1S/C16H24N2O4/c1-4-7-14(17)16(20)18(15(19)5-2)22-11-12-8-6-9-13(10-12)21-3/h6,8-10,14H,4-5,7,11,17H2,1-3H3. The van der Waals surface area contributed by atoms with E-state index in [-0.39, 0.29) is 13.0 Å². The first-order valence-electron chi connectivity index (χ1n) is 7.41. The van der Waals surface area contributed by atoms with Gasteiger partial charge in [-0.25, -0.2) is 0 Å². The lowest BCUT2D eigenvalue weighted by Gasteiger charge is -2.22. The summed E-state index contributed by atoms with van der Waals surface area (Å²) in [5.74, 6) is -0.223. The smallest absolute Gasteiger partial charge is 0.270 e. The highest BCUT2D eigenvalue weighted by atomic mass is 16.7. The van der Waals surface area contributed by atoms with Crippen molar-refractivity contribution >= 4 is 11.8 Å². The summed E-state index contributed by atoms with van der Waals surface area (Å²) in [5.41, 5.74) is 6.59. The van der Waals surface area contributed by atoms with Gasteiger partial charge < -0.3 is 10.5 Å². The van der Waals surface area contributed by atoms with Crippen LogP contribution in [0.1, 0.15) is 38.7 Å². The monoisotopic (exact) mass is 308 g/mol. The first-order chi connectivity index (χ1) is 10.5. The second-order valence-electron chi connectivity index (χ2n) is 4.90. The Morgan fingerprint density at radius 2 is 2.05 bits per heavy atom. The molecule has 1 aromatic carbocycles. The van der Waals surface area contributed by atoms with E-state index < -0.39 is 17.9 Å². The second kappa shape index (κ2) is 9.17. The fourth-order valence-electron chi connectivity index (χ4n) is 1.89. The van der Waals surface area contributed by atoms with Gasteiger partial charge in [0.15, 0.2) is 0 Å². The number of imide groups is 1. The maximum atomic E-state index is 12.2. The van der Waals surface area contributed by atoms with E-state index in [1.165, 1.54) is 0 Å². The Labute approximate surface area is 131 Å². The number of hydrogen-bond acceptors (Lipinski definition) is 5. The summed E-state index contributed by atoms with van der Waals surface area (Å²) in [6.45, 7) is 3.69. The molecule has 0 heterocycles. The van der Waals surface area contributed by atoms with E-state index in [1.54, 1.807) is 26.2 Å². The number of hydrogen-bond donors (Lipinski definition) is 1. The maximum absolute atomic E-state index is 12.2. The number of nitrogens with two attached hydrogens (primary N) is 1. The van der Waals surface area contributed by atoms with E-state index in [0.29, 0.717) is 12.2 Å². The van der Waals surface area contributed by atoms with Crippen molar-refractivity contribution in [1.29, 1.82) is 0 Å². The quantitative estimate of drug-likeness (QED) is 0.743. The fourth-order valence-corrected chi connectivity index (χ4v) is 1.89. The van der Waals surface area contributed by atoms with Gasteiger partial charge in [0.1, 0.15) is 12.4 Å². The molecule has 122 valence electrons. The number of ether oxygens (including phenoxy) is 1. The number of benzene rings is 1. The van der Waals surface area contributed by atoms with Crippen molar-refractivity contribution in [2.75, 3.05) is 7.11 Å². The summed E-state index contributed by atoms with van der Waals surface area (Å²) >= 11 is 0. The molecule has 6 nitrogen and oxygen atoms in total. The van der Waals surface area contributed by atoms with Crippen molar-refractivity contribution in [2.24, 2.45) is 5.73 Å². The molecule has 1 atom stereocenters. The van der Waals surface area contributed by atoms with Crippen LogP contribution in [0.25, 0.3) is 0 Å². The van der Waals surface area contributed by atoms with Gasteiger partial charge in [-0.15, -0.1) is 0 Å². The van der Waals surface area contributed by atoms with Crippen molar-refractivity contribution < 1.29 is 19.2 Å². The minimum Gasteiger partial charge on any atom is -0.497 e. The number of nitrogens with zero attached hydrogens (tertiary/aromatic N) is 1. The zero-order valence-corrected chi connectivity index (χ0v) is 13.4. The third kappa shape index (κ3) is 5.13. The Bertz CT molecular complexity index is 505. The maximum Gasteiger partial charge on any atom is 0.270 e. The van der Waals surface area contributed by atoms with Gasteiger partial charge in [-0.1, -0.05) is 32.4 Å². The zero-order valence-electron chi connectivity index (χ0n) is 13.4. The van der Waals surface area contributed by atoms with Gasteiger partial charge in [-0.3, -0.25) is 14.4 Å². The fraction of sp³-hybridized carbons (Fsp3) is 0.500. The lowest BCUT2D eigenvalue weighted by Crippen LogP contribution is -2.46. The van der Waals surface area contributed by atoms with Crippen LogP contribution in [0.3, 0.4) is 0 Å². The Hall–Kier alpha value is -1.92. The average molecular weight is 308 g/mol. The summed E-state index contributed by atoms with van der Waals surface area (Å²) < 4.78 is 5.12. The van der Waals surface area contributed by atoms with Crippen LogP contribution in [0, 0.1) is 0 Å². The van der Waals surface area contributed by atoms with Gasteiger partial charge in [0, 0.05) is 6.42 Å². The Morgan fingerprint density at radius 1 is 1.32 bits per heavy atom. The molecule has 0 aliphatic rings. The van der Waals surface area contributed by atoms with Crippen molar-refractivity contribution in [1.82, 2.24) is 5.06 Å². The van der Waals surface area contributed by atoms with Crippen molar-refractivity contribution in [3.05, 3.63) is 29.8 Å². The molecule has 1 unspecified atom stereocenters. The van der Waals surface area contributed by atoms with Crippen LogP contribution in [0.2, 0.25) is 0 Å².